The van der Waals surface area contributed by atoms with E-state index in [2.05, 4.69) is 15.6 Å². The van der Waals surface area contributed by atoms with Crippen LogP contribution in [0, 0.1) is 6.92 Å². The minimum Gasteiger partial charge on any atom is -0.328 e. The van der Waals surface area contributed by atoms with Crippen molar-refractivity contribution in [2.45, 2.75) is 30.8 Å². The summed E-state index contributed by atoms with van der Waals surface area (Å²) < 4.78 is 1.77. The van der Waals surface area contributed by atoms with Crippen LogP contribution < -0.4 is 10.6 Å². The van der Waals surface area contributed by atoms with E-state index in [1.165, 1.54) is 11.8 Å². The lowest BCUT2D eigenvalue weighted by atomic mass is 9.95. The predicted octanol–water partition coefficient (Wildman–Crippen LogP) is 5.85. The van der Waals surface area contributed by atoms with Gasteiger partial charge in [-0.05, 0) is 54.8 Å². The van der Waals surface area contributed by atoms with Gasteiger partial charge in [0, 0.05) is 34.6 Å². The maximum atomic E-state index is 13.6. The molecule has 176 valence electrons. The molecule has 1 unspecified atom stereocenters. The standard InChI is InChI=1S/C26H23ClN6OS/c1-16-7-3-6-10-21(16)30-24(34)22-17(2)29-25-31-26(35-15-19-8-4-5-9-20(19)27)32-33(25)23(22)18-11-13-28-14-12-18/h3-14,23H,15H2,1-2H3,(H,30,34)(H,29,31,32). The van der Waals surface area contributed by atoms with Gasteiger partial charge in [0.15, 0.2) is 0 Å². The molecule has 9 heteroatoms. The first-order chi connectivity index (χ1) is 17.0. The van der Waals surface area contributed by atoms with Gasteiger partial charge in [0.2, 0.25) is 11.1 Å². The van der Waals surface area contributed by atoms with E-state index >= 15 is 0 Å². The Hall–Kier alpha value is -3.62. The van der Waals surface area contributed by atoms with E-state index in [0.717, 1.165) is 28.1 Å². The van der Waals surface area contributed by atoms with Crippen molar-refractivity contribution in [3.05, 3.63) is 106 Å². The lowest BCUT2D eigenvalue weighted by Crippen LogP contribution is -2.31. The number of allylic oxidation sites excluding steroid dienone is 1. The van der Waals surface area contributed by atoms with E-state index in [4.69, 9.17) is 21.7 Å². The van der Waals surface area contributed by atoms with E-state index in [1.807, 2.05) is 74.5 Å². The summed E-state index contributed by atoms with van der Waals surface area (Å²) in [6.45, 7) is 3.85. The number of anilines is 2. The molecule has 0 fully saturated rings. The zero-order valence-electron chi connectivity index (χ0n) is 19.2. The molecular weight excluding hydrogens is 480 g/mol. The minimum absolute atomic E-state index is 0.197. The van der Waals surface area contributed by atoms with Crippen molar-refractivity contribution in [3.8, 4) is 0 Å². The number of rotatable bonds is 6. The fraction of sp³-hybridized carbons (Fsp3) is 0.154. The number of hydrogen-bond donors (Lipinski definition) is 2. The Morgan fingerprint density at radius 1 is 1.09 bits per heavy atom. The number of pyridine rings is 1. The number of carbonyl (C=O) groups excluding carboxylic acids is 1. The number of para-hydroxylation sites is 1. The summed E-state index contributed by atoms with van der Waals surface area (Å²) in [5, 5.41) is 12.4. The number of carbonyl (C=O) groups is 1. The molecule has 3 heterocycles. The lowest BCUT2D eigenvalue weighted by molar-refractivity contribution is -0.113. The fourth-order valence-electron chi connectivity index (χ4n) is 4.00. The Bertz CT molecular complexity index is 1420. The maximum absolute atomic E-state index is 13.6. The summed E-state index contributed by atoms with van der Waals surface area (Å²) in [6, 6.07) is 18.8. The van der Waals surface area contributed by atoms with Gasteiger partial charge in [-0.25, -0.2) is 4.68 Å². The summed E-state index contributed by atoms with van der Waals surface area (Å²) in [5.41, 5.74) is 4.96. The molecule has 7 nitrogen and oxygen atoms in total. The van der Waals surface area contributed by atoms with Crippen molar-refractivity contribution >= 4 is 40.9 Å². The summed E-state index contributed by atoms with van der Waals surface area (Å²) in [5.74, 6) is 1.02. The molecule has 2 N–H and O–H groups in total. The largest absolute Gasteiger partial charge is 0.328 e. The highest BCUT2D eigenvalue weighted by Crippen LogP contribution is 2.37. The first kappa shape index (κ1) is 23.1. The molecule has 1 aliphatic rings. The summed E-state index contributed by atoms with van der Waals surface area (Å²) in [7, 11) is 0. The van der Waals surface area contributed by atoms with E-state index in [9.17, 15) is 4.79 Å². The van der Waals surface area contributed by atoms with Crippen molar-refractivity contribution < 1.29 is 4.79 Å². The van der Waals surface area contributed by atoms with Crippen LogP contribution in [0.2, 0.25) is 5.02 Å². The Labute approximate surface area is 212 Å². The van der Waals surface area contributed by atoms with Gasteiger partial charge >= 0.3 is 0 Å². The monoisotopic (exact) mass is 502 g/mol. The van der Waals surface area contributed by atoms with Crippen LogP contribution in [0.25, 0.3) is 0 Å². The van der Waals surface area contributed by atoms with Crippen molar-refractivity contribution in [1.82, 2.24) is 19.7 Å². The first-order valence-electron chi connectivity index (χ1n) is 11.1. The molecule has 0 saturated carbocycles. The maximum Gasteiger partial charge on any atom is 0.255 e. The third-order valence-corrected chi connectivity index (χ3v) is 7.06. The smallest absolute Gasteiger partial charge is 0.255 e. The first-order valence-corrected chi connectivity index (χ1v) is 12.4. The SMILES string of the molecule is CC1=C(C(=O)Nc2ccccc2C)C(c2ccncc2)n2nc(SCc3ccccc3Cl)nc2N1. The fourth-order valence-corrected chi connectivity index (χ4v) is 5.12. The molecule has 4 aromatic rings. The van der Waals surface area contributed by atoms with Crippen molar-refractivity contribution in [2.75, 3.05) is 10.6 Å². The van der Waals surface area contributed by atoms with E-state index in [0.29, 0.717) is 27.5 Å². The van der Waals surface area contributed by atoms with Gasteiger partial charge in [-0.2, -0.15) is 4.98 Å². The van der Waals surface area contributed by atoms with Crippen LogP contribution in [-0.2, 0) is 10.5 Å². The van der Waals surface area contributed by atoms with E-state index in [-0.39, 0.29) is 5.91 Å². The van der Waals surface area contributed by atoms with Crippen LogP contribution >= 0.6 is 23.4 Å². The van der Waals surface area contributed by atoms with Gasteiger partial charge in [-0.15, -0.1) is 5.10 Å². The highest BCUT2D eigenvalue weighted by Gasteiger charge is 2.34. The number of thioether (sulfide) groups is 1. The summed E-state index contributed by atoms with van der Waals surface area (Å²) in [4.78, 5) is 22.4. The zero-order valence-corrected chi connectivity index (χ0v) is 20.8. The molecule has 0 aliphatic carbocycles. The molecule has 0 radical (unpaired) electrons. The summed E-state index contributed by atoms with van der Waals surface area (Å²) in [6.07, 6.45) is 3.43. The quantitative estimate of drug-likeness (QED) is 0.321. The molecule has 0 saturated heterocycles. The number of benzene rings is 2. The number of fused-ring (bicyclic) bond motifs is 1. The average molecular weight is 503 g/mol. The molecule has 2 aromatic carbocycles. The van der Waals surface area contributed by atoms with Crippen LogP contribution in [0.4, 0.5) is 11.6 Å². The van der Waals surface area contributed by atoms with Crippen molar-refractivity contribution in [2.24, 2.45) is 0 Å². The van der Waals surface area contributed by atoms with E-state index in [1.54, 1.807) is 17.1 Å². The van der Waals surface area contributed by atoms with Gasteiger partial charge < -0.3 is 10.6 Å². The molecule has 35 heavy (non-hydrogen) atoms. The predicted molar refractivity (Wildman–Crippen MR) is 140 cm³/mol. The van der Waals surface area contributed by atoms with Gasteiger partial charge in [0.1, 0.15) is 6.04 Å². The Morgan fingerprint density at radius 2 is 1.83 bits per heavy atom. The minimum atomic E-state index is -0.458. The van der Waals surface area contributed by atoms with Gasteiger partial charge in [-0.3, -0.25) is 9.78 Å². The Kier molecular flexibility index (Phi) is 6.57. The lowest BCUT2D eigenvalue weighted by Gasteiger charge is -2.28. The molecule has 5 rings (SSSR count). The Morgan fingerprint density at radius 3 is 2.60 bits per heavy atom. The van der Waals surface area contributed by atoms with E-state index < -0.39 is 6.04 Å². The number of nitrogens with one attached hydrogen (secondary N) is 2. The average Bonchev–Trinajstić information content (AvgIpc) is 3.27. The second-order valence-corrected chi connectivity index (χ2v) is 9.51. The number of aromatic nitrogens is 4. The van der Waals surface area contributed by atoms with Crippen LogP contribution in [-0.4, -0.2) is 25.7 Å². The number of nitrogens with zero attached hydrogens (tertiary/aromatic N) is 4. The van der Waals surface area contributed by atoms with Crippen LogP contribution in [0.15, 0.2) is 89.5 Å². The second kappa shape index (κ2) is 9.93. The molecule has 0 spiro atoms. The Balaban J connectivity index is 1.49. The highest BCUT2D eigenvalue weighted by atomic mass is 35.5. The number of hydrogen-bond acceptors (Lipinski definition) is 6. The number of halogens is 1. The highest BCUT2D eigenvalue weighted by molar-refractivity contribution is 7.98. The summed E-state index contributed by atoms with van der Waals surface area (Å²) >= 11 is 7.81. The van der Waals surface area contributed by atoms with Crippen molar-refractivity contribution in [1.29, 1.82) is 0 Å². The third kappa shape index (κ3) is 4.80. The third-order valence-electron chi connectivity index (χ3n) is 5.81. The topological polar surface area (TPSA) is 84.7 Å². The molecule has 2 aromatic heterocycles. The van der Waals surface area contributed by atoms with Gasteiger partial charge in [0.25, 0.3) is 5.91 Å². The second-order valence-electron chi connectivity index (χ2n) is 8.16. The molecule has 1 atom stereocenters. The normalized spacial score (nSPS) is 14.9. The number of aryl methyl sites for hydroxylation is 1. The van der Waals surface area contributed by atoms with Crippen LogP contribution in [0.3, 0.4) is 0 Å². The van der Waals surface area contributed by atoms with Crippen LogP contribution in [0.5, 0.6) is 0 Å². The van der Waals surface area contributed by atoms with Gasteiger partial charge in [0.05, 0.1) is 5.57 Å². The van der Waals surface area contributed by atoms with Crippen molar-refractivity contribution in [3.63, 3.8) is 0 Å². The van der Waals surface area contributed by atoms with Gasteiger partial charge in [-0.1, -0.05) is 59.8 Å². The number of amides is 1. The zero-order chi connectivity index (χ0) is 24.4. The molecule has 0 bridgehead atoms. The van der Waals surface area contributed by atoms with Crippen LogP contribution in [0.1, 0.15) is 29.7 Å². The molecule has 1 aliphatic heterocycles. The molecular formula is C26H23ClN6OS. The molecule has 1 amide bonds.